The number of ether oxygens (including phenoxy) is 4. The molecule has 1 aliphatic carbocycles. The largest absolute Gasteiger partial charge is 0.493 e. The van der Waals surface area contributed by atoms with E-state index in [1.54, 1.807) is 26.4 Å². The number of aromatic nitrogens is 2. The first-order chi connectivity index (χ1) is 26.8. The van der Waals surface area contributed by atoms with E-state index < -0.39 is 0 Å². The van der Waals surface area contributed by atoms with Gasteiger partial charge in [-0.1, -0.05) is 12.5 Å². The molecule has 3 aromatic rings. The van der Waals surface area contributed by atoms with Gasteiger partial charge in [0, 0.05) is 60.2 Å². The second kappa shape index (κ2) is 19.9. The number of carbonyl (C=O) groups is 3. The number of nitrogens with zero attached hydrogens (tertiary/aromatic N) is 2. The number of hydrogen-bond acceptors (Lipinski definition) is 10. The quantitative estimate of drug-likeness (QED) is 0.0534. The molecule has 2 fully saturated rings. The fourth-order valence-corrected chi connectivity index (χ4v) is 8.78. The molecule has 3 unspecified atom stereocenters. The van der Waals surface area contributed by atoms with Crippen LogP contribution in [0.2, 0.25) is 0 Å². The van der Waals surface area contributed by atoms with E-state index in [9.17, 15) is 18.8 Å². The summed E-state index contributed by atoms with van der Waals surface area (Å²) in [7, 11) is 3.22. The van der Waals surface area contributed by atoms with Crippen molar-refractivity contribution >= 4 is 41.1 Å². The number of methoxy groups -OCH3 is 2. The first-order valence-corrected chi connectivity index (χ1v) is 20.1. The Labute approximate surface area is 325 Å². The zero-order valence-electron chi connectivity index (χ0n) is 31.5. The van der Waals surface area contributed by atoms with Crippen molar-refractivity contribution < 1.29 is 37.7 Å². The van der Waals surface area contributed by atoms with Gasteiger partial charge in [0.05, 0.1) is 65.0 Å². The number of amides is 4. The van der Waals surface area contributed by atoms with Crippen molar-refractivity contribution in [3.05, 3.63) is 53.3 Å². The molecule has 2 aliphatic heterocycles. The van der Waals surface area contributed by atoms with Gasteiger partial charge in [-0.3, -0.25) is 14.3 Å². The molecule has 14 nitrogen and oxygen atoms in total. The highest BCUT2D eigenvalue weighted by molar-refractivity contribution is 8.00. The second-order valence-corrected chi connectivity index (χ2v) is 15.1. The molecular weight excluding hydrogens is 730 g/mol. The van der Waals surface area contributed by atoms with Crippen molar-refractivity contribution in [3.63, 3.8) is 0 Å². The Morgan fingerprint density at radius 3 is 2.45 bits per heavy atom. The highest BCUT2D eigenvalue weighted by Gasteiger charge is 2.42. The van der Waals surface area contributed by atoms with Gasteiger partial charge in [-0.2, -0.15) is 16.9 Å². The molecule has 0 saturated carbocycles. The summed E-state index contributed by atoms with van der Waals surface area (Å²) in [6.45, 7) is 3.00. The molecule has 2 aromatic carbocycles. The summed E-state index contributed by atoms with van der Waals surface area (Å²) in [6, 6.07) is 10.6. The first-order valence-electron chi connectivity index (χ1n) is 19.1. The minimum atomic E-state index is -0.331. The number of nitrogens with one attached hydrogen (secondary N) is 5. The van der Waals surface area contributed by atoms with Crippen LogP contribution in [0.1, 0.15) is 56.1 Å². The lowest BCUT2D eigenvalue weighted by Gasteiger charge is -2.16. The summed E-state index contributed by atoms with van der Waals surface area (Å²) >= 11 is 1.89. The first kappa shape index (κ1) is 40.1. The third-order valence-electron chi connectivity index (χ3n) is 9.99. The van der Waals surface area contributed by atoms with Crippen molar-refractivity contribution in [1.29, 1.82) is 0 Å². The van der Waals surface area contributed by atoms with E-state index in [-0.39, 0.29) is 35.7 Å². The van der Waals surface area contributed by atoms with Crippen molar-refractivity contribution in [2.45, 2.75) is 75.2 Å². The number of benzene rings is 2. The maximum atomic E-state index is 13.9. The number of anilines is 2. The predicted molar refractivity (Wildman–Crippen MR) is 209 cm³/mol. The van der Waals surface area contributed by atoms with E-state index in [1.807, 2.05) is 28.6 Å². The lowest BCUT2D eigenvalue weighted by atomic mass is 10.0. The van der Waals surface area contributed by atoms with Crippen LogP contribution in [0.5, 0.6) is 11.5 Å². The molecule has 6 rings (SSSR count). The van der Waals surface area contributed by atoms with Crippen LogP contribution in [0.25, 0.3) is 11.3 Å². The molecule has 16 heteroatoms. The van der Waals surface area contributed by atoms with Crippen LogP contribution in [-0.4, -0.2) is 104 Å². The van der Waals surface area contributed by atoms with E-state index in [0.29, 0.717) is 100.0 Å². The average Bonchev–Trinajstić information content (AvgIpc) is 3.92. The maximum absolute atomic E-state index is 13.9. The van der Waals surface area contributed by atoms with Crippen LogP contribution >= 0.6 is 11.8 Å². The lowest BCUT2D eigenvalue weighted by molar-refractivity contribution is -0.121. The van der Waals surface area contributed by atoms with Crippen molar-refractivity contribution in [2.24, 2.45) is 0 Å². The highest BCUT2D eigenvalue weighted by atomic mass is 32.2. The molecule has 298 valence electrons. The number of hydrogen-bond donors (Lipinski definition) is 5. The Morgan fingerprint density at radius 2 is 1.67 bits per heavy atom. The number of fused-ring (bicyclic) bond motifs is 4. The smallest absolute Gasteiger partial charge is 0.315 e. The molecule has 1 aromatic heterocycles. The van der Waals surface area contributed by atoms with E-state index in [0.717, 1.165) is 53.8 Å². The fourth-order valence-electron chi connectivity index (χ4n) is 7.24. The summed E-state index contributed by atoms with van der Waals surface area (Å²) in [5.74, 6) is 2.55. The van der Waals surface area contributed by atoms with Crippen LogP contribution in [0.3, 0.4) is 0 Å². The molecule has 2 saturated heterocycles. The van der Waals surface area contributed by atoms with Crippen molar-refractivity contribution in [2.75, 3.05) is 64.8 Å². The van der Waals surface area contributed by atoms with Gasteiger partial charge >= 0.3 is 6.03 Å². The summed E-state index contributed by atoms with van der Waals surface area (Å²) < 4.78 is 38.4. The van der Waals surface area contributed by atoms with Gasteiger partial charge in [-0.25, -0.2) is 9.18 Å². The lowest BCUT2D eigenvalue weighted by Crippen LogP contribution is -2.36. The molecule has 0 radical (unpaired) electrons. The summed E-state index contributed by atoms with van der Waals surface area (Å²) in [5.41, 5.74) is 4.65. The Kier molecular flexibility index (Phi) is 14.5. The van der Waals surface area contributed by atoms with Crippen molar-refractivity contribution in [1.82, 2.24) is 31.0 Å². The number of urea groups is 1. The Balaban J connectivity index is 0.811. The van der Waals surface area contributed by atoms with Gasteiger partial charge in [-0.05, 0) is 61.6 Å². The average molecular weight is 782 g/mol. The maximum Gasteiger partial charge on any atom is 0.315 e. The van der Waals surface area contributed by atoms with Crippen LogP contribution in [0.4, 0.5) is 20.7 Å². The van der Waals surface area contributed by atoms with Gasteiger partial charge < -0.3 is 45.5 Å². The van der Waals surface area contributed by atoms with Crippen LogP contribution < -0.4 is 36.1 Å². The second-order valence-electron chi connectivity index (χ2n) is 13.8. The van der Waals surface area contributed by atoms with E-state index in [4.69, 9.17) is 24.0 Å². The minimum absolute atomic E-state index is 0.0394. The molecule has 3 atom stereocenters. The van der Waals surface area contributed by atoms with Gasteiger partial charge in [-0.15, -0.1) is 0 Å². The van der Waals surface area contributed by atoms with Gasteiger partial charge in [0.1, 0.15) is 5.82 Å². The minimum Gasteiger partial charge on any atom is -0.493 e. The molecular formula is C39H52FN7O7S. The fraction of sp³-hybridized carbons (Fsp3) is 0.538. The Hall–Kier alpha value is -4.54. The molecule has 0 spiro atoms. The number of halogens is 1. The molecule has 5 N–H and O–H groups in total. The Morgan fingerprint density at radius 1 is 0.927 bits per heavy atom. The predicted octanol–water partition coefficient (Wildman–Crippen LogP) is 4.52. The zero-order valence-corrected chi connectivity index (χ0v) is 32.4. The zero-order chi connectivity index (χ0) is 38.6. The molecule has 3 aliphatic rings. The third kappa shape index (κ3) is 10.8. The third-order valence-corrected chi connectivity index (χ3v) is 11.5. The van der Waals surface area contributed by atoms with Gasteiger partial charge in [0.25, 0.3) is 0 Å². The number of rotatable bonds is 23. The van der Waals surface area contributed by atoms with E-state index >= 15 is 0 Å². The molecule has 55 heavy (non-hydrogen) atoms. The normalized spacial score (nSPS) is 17.9. The topological polar surface area (TPSA) is 166 Å². The summed E-state index contributed by atoms with van der Waals surface area (Å²) in [5, 5.41) is 20.3. The van der Waals surface area contributed by atoms with Gasteiger partial charge in [0.15, 0.2) is 17.3 Å². The summed E-state index contributed by atoms with van der Waals surface area (Å²) in [4.78, 5) is 35.9. The highest BCUT2D eigenvalue weighted by Crippen LogP contribution is 2.45. The number of thioether (sulfide) groups is 1. The van der Waals surface area contributed by atoms with Crippen LogP contribution in [0.15, 0.2) is 36.4 Å². The molecule has 3 heterocycles. The van der Waals surface area contributed by atoms with Gasteiger partial charge in [0.2, 0.25) is 11.8 Å². The molecule has 4 amide bonds. The number of unbranched alkanes of at least 4 members (excludes halogenated alkanes) is 2. The summed E-state index contributed by atoms with van der Waals surface area (Å²) in [6.07, 6.45) is 5.73. The Bertz CT molecular complexity index is 1790. The van der Waals surface area contributed by atoms with Crippen LogP contribution in [-0.2, 0) is 32.0 Å². The molecule has 0 bridgehead atoms. The van der Waals surface area contributed by atoms with E-state index in [2.05, 4.69) is 26.6 Å². The van der Waals surface area contributed by atoms with Crippen molar-refractivity contribution in [3.8, 4) is 22.8 Å². The number of carbonyl (C=O) groups excluding carboxylic acids is 3. The standard InChI is InChI=1S/C39H52FN7O7S/c1-51-31-21-25-20-29-37(28(25)23-32(31)52-2)47(46-38(29)43-27-9-7-8-26(40)22-27)15-17-54-19-18-53-16-14-42-35(49)12-5-6-13-41-34(48)11-4-3-10-33-36-30(24-55-33)44-39(50)45-36/h7-9,21-23,30,33,36H,3-6,10-20,24H2,1-2H3,(H,41,48)(H,42,49)(H,43,46)(H2,44,45,50). The monoisotopic (exact) mass is 781 g/mol. The SMILES string of the molecule is COc1cc2c(cc1OC)-c1c(c(Nc3cccc(F)c3)nn1CCOCCOCCNC(=O)CCCCNC(=O)CCCCC1SCC3NC(=O)NC31)C2. The van der Waals surface area contributed by atoms with E-state index in [1.165, 1.54) is 12.1 Å². The van der Waals surface area contributed by atoms with Crippen LogP contribution in [0, 0.1) is 5.82 Å².